The Kier molecular flexibility index (Phi) is 4.71. The Balaban J connectivity index is 2.81. The molecule has 0 saturated carbocycles. The lowest BCUT2D eigenvalue weighted by atomic mass is 10.0. The van der Waals surface area contributed by atoms with Gasteiger partial charge in [-0.05, 0) is 31.0 Å². The number of rotatable bonds is 4. The molecule has 0 aliphatic carbocycles. The molecule has 1 aromatic carbocycles. The second kappa shape index (κ2) is 6.05. The van der Waals surface area contributed by atoms with Gasteiger partial charge in [0.25, 0.3) is 0 Å². The van der Waals surface area contributed by atoms with Crippen LogP contribution in [0.2, 0.25) is 0 Å². The van der Waals surface area contributed by atoms with Crippen molar-refractivity contribution in [3.8, 4) is 6.07 Å². The molecule has 1 rings (SSSR count). The van der Waals surface area contributed by atoms with E-state index in [0.717, 1.165) is 24.1 Å². The van der Waals surface area contributed by atoms with Crippen molar-refractivity contribution in [3.05, 3.63) is 29.3 Å². The van der Waals surface area contributed by atoms with Crippen molar-refractivity contribution in [1.82, 2.24) is 0 Å². The molecule has 0 aliphatic rings. The lowest BCUT2D eigenvalue weighted by Gasteiger charge is -2.13. The topological polar surface area (TPSA) is 52.9 Å². The zero-order chi connectivity index (χ0) is 12.8. The molecule has 17 heavy (non-hydrogen) atoms. The van der Waals surface area contributed by atoms with Crippen molar-refractivity contribution < 1.29 is 4.79 Å². The summed E-state index contributed by atoms with van der Waals surface area (Å²) in [6.07, 6.45) is 1.87. The number of anilines is 1. The van der Waals surface area contributed by atoms with E-state index in [1.54, 1.807) is 12.1 Å². The highest BCUT2D eigenvalue weighted by atomic mass is 16.1. The molecule has 1 N–H and O–H groups in total. The summed E-state index contributed by atoms with van der Waals surface area (Å²) in [5.41, 5.74) is 2.27. The molecule has 1 amide bonds. The summed E-state index contributed by atoms with van der Waals surface area (Å²) in [5, 5.41) is 11.7. The minimum Gasteiger partial charge on any atom is -0.326 e. The first-order chi connectivity index (χ1) is 8.08. The molecule has 1 unspecified atom stereocenters. The fraction of sp³-hybridized carbons (Fsp3) is 0.429. The highest BCUT2D eigenvalue weighted by Gasteiger charge is 2.12. The zero-order valence-corrected chi connectivity index (χ0v) is 10.6. The Morgan fingerprint density at radius 2 is 2.24 bits per heavy atom. The normalized spacial score (nSPS) is 11.6. The molecule has 0 saturated heterocycles. The Labute approximate surface area is 102 Å². The molecule has 0 spiro atoms. The van der Waals surface area contributed by atoms with Crippen molar-refractivity contribution in [1.29, 1.82) is 5.26 Å². The van der Waals surface area contributed by atoms with Crippen LogP contribution >= 0.6 is 0 Å². The monoisotopic (exact) mass is 230 g/mol. The van der Waals surface area contributed by atoms with Gasteiger partial charge >= 0.3 is 0 Å². The molecular formula is C14H18N2O. The van der Waals surface area contributed by atoms with E-state index >= 15 is 0 Å². The average molecular weight is 230 g/mol. The lowest BCUT2D eigenvalue weighted by Crippen LogP contribution is -2.20. The predicted molar refractivity (Wildman–Crippen MR) is 68.6 cm³/mol. The van der Waals surface area contributed by atoms with Crippen LogP contribution in [0.3, 0.4) is 0 Å². The van der Waals surface area contributed by atoms with Gasteiger partial charge in [0.1, 0.15) is 0 Å². The van der Waals surface area contributed by atoms with Crippen LogP contribution < -0.4 is 5.32 Å². The van der Waals surface area contributed by atoms with Crippen molar-refractivity contribution >= 4 is 11.6 Å². The molecular weight excluding hydrogens is 212 g/mol. The molecule has 0 radical (unpaired) electrons. The smallest absolute Gasteiger partial charge is 0.227 e. The summed E-state index contributed by atoms with van der Waals surface area (Å²) in [5.74, 6) is 0.0233. The second-order valence-corrected chi connectivity index (χ2v) is 4.32. The summed E-state index contributed by atoms with van der Waals surface area (Å²) in [6, 6.07) is 7.38. The number of nitriles is 1. The van der Waals surface area contributed by atoms with Crippen LogP contribution in [-0.2, 0) is 4.79 Å². The summed E-state index contributed by atoms with van der Waals surface area (Å²) in [4.78, 5) is 11.9. The SMILES string of the molecule is CCCC(C)C(=O)Nc1cc(C#N)ccc1C. The number of hydrogen-bond donors (Lipinski definition) is 1. The van der Waals surface area contributed by atoms with Gasteiger partial charge in [-0.25, -0.2) is 0 Å². The fourth-order valence-electron chi connectivity index (χ4n) is 1.65. The first-order valence-electron chi connectivity index (χ1n) is 5.90. The minimum absolute atomic E-state index is 0.00476. The first-order valence-corrected chi connectivity index (χ1v) is 5.90. The number of hydrogen-bond acceptors (Lipinski definition) is 2. The molecule has 1 atom stereocenters. The van der Waals surface area contributed by atoms with Crippen LogP contribution in [0.15, 0.2) is 18.2 Å². The number of nitrogens with zero attached hydrogens (tertiary/aromatic N) is 1. The van der Waals surface area contributed by atoms with Crippen LogP contribution in [-0.4, -0.2) is 5.91 Å². The highest BCUT2D eigenvalue weighted by Crippen LogP contribution is 2.18. The van der Waals surface area contributed by atoms with Gasteiger partial charge in [0.15, 0.2) is 0 Å². The van der Waals surface area contributed by atoms with Crippen LogP contribution in [0, 0.1) is 24.2 Å². The third-order valence-corrected chi connectivity index (χ3v) is 2.79. The number of nitrogens with one attached hydrogen (secondary N) is 1. The quantitative estimate of drug-likeness (QED) is 0.863. The van der Waals surface area contributed by atoms with Crippen LogP contribution in [0.1, 0.15) is 37.8 Å². The molecule has 0 aromatic heterocycles. The Bertz CT molecular complexity index is 446. The van der Waals surface area contributed by atoms with Gasteiger partial charge in [-0.2, -0.15) is 5.26 Å². The second-order valence-electron chi connectivity index (χ2n) is 4.32. The third-order valence-electron chi connectivity index (χ3n) is 2.79. The van der Waals surface area contributed by atoms with E-state index in [2.05, 4.69) is 18.3 Å². The Hall–Kier alpha value is -1.82. The van der Waals surface area contributed by atoms with Gasteiger partial charge in [-0.1, -0.05) is 26.3 Å². The largest absolute Gasteiger partial charge is 0.326 e. The van der Waals surface area contributed by atoms with Gasteiger partial charge in [-0.15, -0.1) is 0 Å². The van der Waals surface area contributed by atoms with Gasteiger partial charge < -0.3 is 5.32 Å². The standard InChI is InChI=1S/C14H18N2O/c1-4-5-11(3)14(17)16-13-8-12(9-15)7-6-10(13)2/h6-8,11H,4-5H2,1-3H3,(H,16,17). The van der Waals surface area contributed by atoms with Crippen LogP contribution in [0.25, 0.3) is 0 Å². The van der Waals surface area contributed by atoms with E-state index in [-0.39, 0.29) is 11.8 Å². The first kappa shape index (κ1) is 13.2. The molecule has 3 heteroatoms. The number of carbonyl (C=O) groups is 1. The molecule has 0 heterocycles. The summed E-state index contributed by atoms with van der Waals surface area (Å²) in [6.45, 7) is 5.90. The third kappa shape index (κ3) is 3.60. The molecule has 3 nitrogen and oxygen atoms in total. The van der Waals surface area contributed by atoms with E-state index in [4.69, 9.17) is 5.26 Å². The maximum atomic E-state index is 11.9. The summed E-state index contributed by atoms with van der Waals surface area (Å²) >= 11 is 0. The molecule has 0 bridgehead atoms. The maximum absolute atomic E-state index is 11.9. The minimum atomic E-state index is 0.00476. The van der Waals surface area contributed by atoms with Gasteiger partial charge in [-0.3, -0.25) is 4.79 Å². The lowest BCUT2D eigenvalue weighted by molar-refractivity contribution is -0.119. The summed E-state index contributed by atoms with van der Waals surface area (Å²) in [7, 11) is 0. The highest BCUT2D eigenvalue weighted by molar-refractivity contribution is 5.93. The fourth-order valence-corrected chi connectivity index (χ4v) is 1.65. The average Bonchev–Trinajstić information content (AvgIpc) is 2.32. The van der Waals surface area contributed by atoms with Gasteiger partial charge in [0.05, 0.1) is 11.6 Å². The van der Waals surface area contributed by atoms with Gasteiger partial charge in [0, 0.05) is 11.6 Å². The van der Waals surface area contributed by atoms with Crippen molar-refractivity contribution in [3.63, 3.8) is 0 Å². The van der Waals surface area contributed by atoms with Crippen LogP contribution in [0.4, 0.5) is 5.69 Å². The van der Waals surface area contributed by atoms with E-state index in [9.17, 15) is 4.79 Å². The van der Waals surface area contributed by atoms with E-state index < -0.39 is 0 Å². The molecule has 1 aromatic rings. The number of carbonyl (C=O) groups excluding carboxylic acids is 1. The van der Waals surface area contributed by atoms with Crippen molar-refractivity contribution in [2.75, 3.05) is 5.32 Å². The maximum Gasteiger partial charge on any atom is 0.227 e. The number of benzene rings is 1. The molecule has 90 valence electrons. The molecule has 0 fully saturated rings. The number of aryl methyl sites for hydroxylation is 1. The van der Waals surface area contributed by atoms with E-state index in [0.29, 0.717) is 5.56 Å². The van der Waals surface area contributed by atoms with E-state index in [1.807, 2.05) is 19.9 Å². The van der Waals surface area contributed by atoms with Crippen molar-refractivity contribution in [2.24, 2.45) is 5.92 Å². The zero-order valence-electron chi connectivity index (χ0n) is 10.6. The van der Waals surface area contributed by atoms with Gasteiger partial charge in [0.2, 0.25) is 5.91 Å². The van der Waals surface area contributed by atoms with Crippen LogP contribution in [0.5, 0.6) is 0 Å². The predicted octanol–water partition coefficient (Wildman–Crippen LogP) is 3.24. The Morgan fingerprint density at radius 3 is 2.82 bits per heavy atom. The summed E-state index contributed by atoms with van der Waals surface area (Å²) < 4.78 is 0. The molecule has 0 aliphatic heterocycles. The number of amides is 1. The van der Waals surface area contributed by atoms with E-state index in [1.165, 1.54) is 0 Å². The van der Waals surface area contributed by atoms with Crippen molar-refractivity contribution in [2.45, 2.75) is 33.6 Å². The Morgan fingerprint density at radius 1 is 1.53 bits per heavy atom.